The van der Waals surface area contributed by atoms with Crippen LogP contribution in [0.3, 0.4) is 0 Å². The van der Waals surface area contributed by atoms with Gasteiger partial charge in [0.15, 0.2) is 0 Å². The van der Waals surface area contributed by atoms with E-state index < -0.39 is 5.91 Å². The standard InChI is InChI=1S/C18H21N5O2/c19-17(24)12-6-7-16(21-11-12)22-14-4-1-5-15(9-14)23-18(25)13-3-2-8-20-10-13/h1,4-7,9,11,13,20H,2-3,8,10H2,(H2,19,24)(H,21,22)(H,23,25). The lowest BCUT2D eigenvalue weighted by molar-refractivity contribution is -0.120. The van der Waals surface area contributed by atoms with Crippen molar-refractivity contribution in [3.63, 3.8) is 0 Å². The minimum Gasteiger partial charge on any atom is -0.366 e. The average molecular weight is 339 g/mol. The number of benzene rings is 1. The molecule has 0 aliphatic carbocycles. The number of aromatic nitrogens is 1. The molecule has 2 aromatic rings. The van der Waals surface area contributed by atoms with E-state index in [9.17, 15) is 9.59 Å². The molecule has 1 unspecified atom stereocenters. The molecule has 25 heavy (non-hydrogen) atoms. The third-order valence-corrected chi connectivity index (χ3v) is 4.12. The molecule has 0 bridgehead atoms. The smallest absolute Gasteiger partial charge is 0.250 e. The highest BCUT2D eigenvalue weighted by molar-refractivity contribution is 5.93. The Balaban J connectivity index is 1.64. The molecule has 7 nitrogen and oxygen atoms in total. The average Bonchev–Trinajstić information content (AvgIpc) is 2.63. The lowest BCUT2D eigenvalue weighted by Crippen LogP contribution is -2.37. The van der Waals surface area contributed by atoms with Gasteiger partial charge < -0.3 is 21.7 Å². The molecule has 2 amide bonds. The number of nitrogens with two attached hydrogens (primary N) is 1. The highest BCUT2D eigenvalue weighted by Crippen LogP contribution is 2.20. The van der Waals surface area contributed by atoms with Gasteiger partial charge in [-0.2, -0.15) is 0 Å². The van der Waals surface area contributed by atoms with Crippen molar-refractivity contribution in [2.24, 2.45) is 11.7 Å². The molecule has 5 N–H and O–H groups in total. The highest BCUT2D eigenvalue weighted by Gasteiger charge is 2.20. The number of nitrogens with zero attached hydrogens (tertiary/aromatic N) is 1. The van der Waals surface area contributed by atoms with Gasteiger partial charge in [-0.05, 0) is 49.7 Å². The predicted octanol–water partition coefficient (Wildman–Crippen LogP) is 1.86. The topological polar surface area (TPSA) is 109 Å². The van der Waals surface area contributed by atoms with Gasteiger partial charge in [-0.15, -0.1) is 0 Å². The van der Waals surface area contributed by atoms with Crippen LogP contribution in [0.2, 0.25) is 0 Å². The van der Waals surface area contributed by atoms with Gasteiger partial charge >= 0.3 is 0 Å². The van der Waals surface area contributed by atoms with Gasteiger partial charge in [0, 0.05) is 24.1 Å². The van der Waals surface area contributed by atoms with Crippen molar-refractivity contribution in [2.45, 2.75) is 12.8 Å². The number of carbonyl (C=O) groups is 2. The van der Waals surface area contributed by atoms with Crippen molar-refractivity contribution in [2.75, 3.05) is 23.7 Å². The number of carbonyl (C=O) groups excluding carboxylic acids is 2. The van der Waals surface area contributed by atoms with Gasteiger partial charge in [0.25, 0.3) is 0 Å². The predicted molar refractivity (Wildman–Crippen MR) is 96.7 cm³/mol. The number of anilines is 3. The number of pyridine rings is 1. The summed E-state index contributed by atoms with van der Waals surface area (Å²) in [6, 6.07) is 10.7. The Morgan fingerprint density at radius 1 is 1.20 bits per heavy atom. The Hall–Kier alpha value is -2.93. The summed E-state index contributed by atoms with van der Waals surface area (Å²) in [5, 5.41) is 9.34. The van der Waals surface area contributed by atoms with Crippen LogP contribution in [-0.2, 0) is 4.79 Å². The molecular weight excluding hydrogens is 318 g/mol. The Labute approximate surface area is 146 Å². The maximum absolute atomic E-state index is 12.3. The molecule has 1 atom stereocenters. The van der Waals surface area contributed by atoms with Gasteiger partial charge in [0.05, 0.1) is 11.5 Å². The van der Waals surface area contributed by atoms with Crippen LogP contribution in [0.25, 0.3) is 0 Å². The monoisotopic (exact) mass is 339 g/mol. The molecular formula is C18H21N5O2. The summed E-state index contributed by atoms with van der Waals surface area (Å²) < 4.78 is 0. The third-order valence-electron chi connectivity index (χ3n) is 4.12. The van der Waals surface area contributed by atoms with Crippen molar-refractivity contribution in [1.82, 2.24) is 10.3 Å². The van der Waals surface area contributed by atoms with E-state index in [0.717, 1.165) is 37.3 Å². The normalized spacial score (nSPS) is 16.9. The van der Waals surface area contributed by atoms with Gasteiger partial charge in [-0.25, -0.2) is 4.98 Å². The third kappa shape index (κ3) is 4.54. The van der Waals surface area contributed by atoms with Gasteiger partial charge in [-0.3, -0.25) is 9.59 Å². The Kier molecular flexibility index (Phi) is 5.25. The Morgan fingerprint density at radius 3 is 2.72 bits per heavy atom. The molecule has 7 heteroatoms. The molecule has 1 aliphatic heterocycles. The van der Waals surface area contributed by atoms with Crippen LogP contribution >= 0.6 is 0 Å². The lowest BCUT2D eigenvalue weighted by atomic mass is 9.99. The van der Waals surface area contributed by atoms with E-state index in [2.05, 4.69) is 20.9 Å². The number of primary amides is 1. The fourth-order valence-corrected chi connectivity index (χ4v) is 2.76. The zero-order valence-electron chi connectivity index (χ0n) is 13.8. The van der Waals surface area contributed by atoms with E-state index in [-0.39, 0.29) is 11.8 Å². The van der Waals surface area contributed by atoms with E-state index in [1.807, 2.05) is 24.3 Å². The second kappa shape index (κ2) is 7.76. The summed E-state index contributed by atoms with van der Waals surface area (Å²) in [5.74, 6) is 0.118. The summed E-state index contributed by atoms with van der Waals surface area (Å²) in [7, 11) is 0. The van der Waals surface area contributed by atoms with Crippen LogP contribution < -0.4 is 21.7 Å². The number of hydrogen-bond acceptors (Lipinski definition) is 5. The first-order valence-electron chi connectivity index (χ1n) is 8.26. The minimum atomic E-state index is -0.513. The highest BCUT2D eigenvalue weighted by atomic mass is 16.2. The van der Waals surface area contributed by atoms with E-state index in [0.29, 0.717) is 11.4 Å². The van der Waals surface area contributed by atoms with Gasteiger partial charge in [0.2, 0.25) is 11.8 Å². The van der Waals surface area contributed by atoms with E-state index >= 15 is 0 Å². The number of piperidine rings is 1. The maximum atomic E-state index is 12.3. The quantitative estimate of drug-likeness (QED) is 0.665. The number of rotatable bonds is 5. The van der Waals surface area contributed by atoms with Crippen LogP contribution in [0.5, 0.6) is 0 Å². The van der Waals surface area contributed by atoms with Crippen LogP contribution in [0, 0.1) is 5.92 Å². The number of nitrogens with one attached hydrogen (secondary N) is 3. The molecule has 0 spiro atoms. The minimum absolute atomic E-state index is 0.00776. The molecule has 130 valence electrons. The molecule has 1 fully saturated rings. The summed E-state index contributed by atoms with van der Waals surface area (Å²) in [5.41, 5.74) is 7.08. The van der Waals surface area contributed by atoms with Crippen molar-refractivity contribution in [1.29, 1.82) is 0 Å². The molecule has 0 saturated carbocycles. The van der Waals surface area contributed by atoms with E-state index in [4.69, 9.17) is 5.73 Å². The van der Waals surface area contributed by atoms with Crippen molar-refractivity contribution >= 4 is 29.0 Å². The van der Waals surface area contributed by atoms with Crippen LogP contribution in [0.1, 0.15) is 23.2 Å². The summed E-state index contributed by atoms with van der Waals surface area (Å²) in [6.07, 6.45) is 3.35. The Bertz CT molecular complexity index is 754. The molecule has 1 saturated heterocycles. The van der Waals surface area contributed by atoms with E-state index in [1.165, 1.54) is 6.20 Å². The van der Waals surface area contributed by atoms with Crippen molar-refractivity contribution in [3.05, 3.63) is 48.2 Å². The van der Waals surface area contributed by atoms with Gasteiger partial charge in [0.1, 0.15) is 5.82 Å². The molecule has 0 radical (unpaired) electrons. The van der Waals surface area contributed by atoms with Gasteiger partial charge in [-0.1, -0.05) is 6.07 Å². The van der Waals surface area contributed by atoms with Crippen LogP contribution in [0.4, 0.5) is 17.2 Å². The Morgan fingerprint density at radius 2 is 2.04 bits per heavy atom. The zero-order valence-corrected chi connectivity index (χ0v) is 13.8. The second-order valence-corrected chi connectivity index (χ2v) is 6.03. The SMILES string of the molecule is NC(=O)c1ccc(Nc2cccc(NC(=O)C3CCCNC3)c2)nc1. The van der Waals surface area contributed by atoms with Crippen molar-refractivity contribution < 1.29 is 9.59 Å². The lowest BCUT2D eigenvalue weighted by Gasteiger charge is -2.22. The first-order chi connectivity index (χ1) is 12.1. The van der Waals surface area contributed by atoms with Crippen LogP contribution in [-0.4, -0.2) is 29.9 Å². The molecule has 1 aromatic carbocycles. The number of amides is 2. The molecule has 3 rings (SSSR count). The first kappa shape index (κ1) is 16.9. The second-order valence-electron chi connectivity index (χ2n) is 6.03. The molecule has 2 heterocycles. The van der Waals surface area contributed by atoms with E-state index in [1.54, 1.807) is 12.1 Å². The largest absolute Gasteiger partial charge is 0.366 e. The fraction of sp³-hybridized carbons (Fsp3) is 0.278. The van der Waals surface area contributed by atoms with Crippen LogP contribution in [0.15, 0.2) is 42.6 Å². The number of hydrogen-bond donors (Lipinski definition) is 4. The first-order valence-corrected chi connectivity index (χ1v) is 8.26. The van der Waals surface area contributed by atoms with Crippen molar-refractivity contribution in [3.8, 4) is 0 Å². The fourth-order valence-electron chi connectivity index (χ4n) is 2.76. The zero-order chi connectivity index (χ0) is 17.6. The molecule has 1 aliphatic rings. The summed E-state index contributed by atoms with van der Waals surface area (Å²) >= 11 is 0. The molecule has 1 aromatic heterocycles. The maximum Gasteiger partial charge on any atom is 0.250 e. The summed E-state index contributed by atoms with van der Waals surface area (Å²) in [6.45, 7) is 1.70. The summed E-state index contributed by atoms with van der Waals surface area (Å²) in [4.78, 5) is 27.5.